The third-order valence-electron chi connectivity index (χ3n) is 5.52. The molecule has 0 saturated carbocycles. The Hall–Kier alpha value is -2.25. The number of rotatable bonds is 3. The molecule has 3 amide bonds. The summed E-state index contributed by atoms with van der Waals surface area (Å²) in [6, 6.07) is 9.26. The number of benzene rings is 1. The van der Waals surface area contributed by atoms with E-state index >= 15 is 0 Å². The number of carbonyl (C=O) groups excluding carboxylic acids is 2. The predicted octanol–water partition coefficient (Wildman–Crippen LogP) is 1.19. The summed E-state index contributed by atoms with van der Waals surface area (Å²) in [6.07, 6.45) is 0.824. The molecule has 0 radical (unpaired) electrons. The molecule has 0 aliphatic carbocycles. The number of nitrogens with zero attached hydrogens (tertiary/aromatic N) is 2. The zero-order valence-corrected chi connectivity index (χ0v) is 15.7. The SMILES string of the molecule is NC(=O)C1C(c2ccccc2)=C(Cl)N2CCN(C(=O)NC3CCOC3)CC12. The molecule has 144 valence electrons. The van der Waals surface area contributed by atoms with Crippen molar-refractivity contribution < 1.29 is 14.3 Å². The van der Waals surface area contributed by atoms with E-state index in [1.807, 2.05) is 35.2 Å². The lowest BCUT2D eigenvalue weighted by molar-refractivity contribution is -0.121. The Kier molecular flexibility index (Phi) is 4.97. The van der Waals surface area contributed by atoms with Crippen LogP contribution < -0.4 is 11.1 Å². The summed E-state index contributed by atoms with van der Waals surface area (Å²) in [6.45, 7) is 2.73. The Balaban J connectivity index is 1.54. The number of nitrogens with one attached hydrogen (secondary N) is 1. The van der Waals surface area contributed by atoms with Crippen LogP contribution in [0.15, 0.2) is 35.5 Å². The third-order valence-corrected chi connectivity index (χ3v) is 5.95. The van der Waals surface area contributed by atoms with Crippen molar-refractivity contribution in [2.24, 2.45) is 11.7 Å². The number of ether oxygens (including phenoxy) is 1. The van der Waals surface area contributed by atoms with Gasteiger partial charge >= 0.3 is 6.03 Å². The van der Waals surface area contributed by atoms with Gasteiger partial charge in [-0.3, -0.25) is 4.79 Å². The largest absolute Gasteiger partial charge is 0.379 e. The lowest BCUT2D eigenvalue weighted by Crippen LogP contribution is -2.58. The maximum Gasteiger partial charge on any atom is 0.317 e. The monoisotopic (exact) mass is 390 g/mol. The van der Waals surface area contributed by atoms with Crippen molar-refractivity contribution in [3.8, 4) is 0 Å². The molecule has 7 nitrogen and oxygen atoms in total. The molecule has 2 fully saturated rings. The van der Waals surface area contributed by atoms with E-state index in [9.17, 15) is 9.59 Å². The first-order chi connectivity index (χ1) is 13.1. The van der Waals surface area contributed by atoms with E-state index in [0.717, 1.165) is 17.6 Å². The maximum atomic E-state index is 12.6. The third kappa shape index (κ3) is 3.37. The van der Waals surface area contributed by atoms with E-state index in [1.54, 1.807) is 4.90 Å². The van der Waals surface area contributed by atoms with Gasteiger partial charge in [-0.1, -0.05) is 41.9 Å². The minimum atomic E-state index is -0.551. The van der Waals surface area contributed by atoms with Gasteiger partial charge in [0.15, 0.2) is 0 Å². The van der Waals surface area contributed by atoms with Crippen LogP contribution in [-0.2, 0) is 9.53 Å². The van der Waals surface area contributed by atoms with Crippen LogP contribution in [0.4, 0.5) is 4.79 Å². The van der Waals surface area contributed by atoms with Crippen LogP contribution in [0.25, 0.3) is 5.57 Å². The van der Waals surface area contributed by atoms with E-state index in [0.29, 0.717) is 38.0 Å². The first-order valence-corrected chi connectivity index (χ1v) is 9.58. The van der Waals surface area contributed by atoms with Gasteiger partial charge < -0.3 is 25.6 Å². The Morgan fingerprint density at radius 2 is 2.00 bits per heavy atom. The fourth-order valence-corrected chi connectivity index (χ4v) is 4.60. The number of fused-ring (bicyclic) bond motifs is 1. The average molecular weight is 391 g/mol. The van der Waals surface area contributed by atoms with Crippen LogP contribution in [0, 0.1) is 5.92 Å². The summed E-state index contributed by atoms with van der Waals surface area (Å²) in [7, 11) is 0. The minimum Gasteiger partial charge on any atom is -0.379 e. The normalized spacial score (nSPS) is 27.7. The maximum absolute atomic E-state index is 12.6. The molecule has 3 atom stereocenters. The lowest BCUT2D eigenvalue weighted by Gasteiger charge is -2.40. The number of primary amides is 1. The van der Waals surface area contributed by atoms with Crippen molar-refractivity contribution >= 4 is 29.1 Å². The first kappa shape index (κ1) is 18.1. The minimum absolute atomic E-state index is 0.0487. The summed E-state index contributed by atoms with van der Waals surface area (Å²) in [4.78, 5) is 28.7. The van der Waals surface area contributed by atoms with E-state index in [4.69, 9.17) is 22.1 Å². The molecular formula is C19H23ClN4O3. The molecule has 0 bridgehead atoms. The fraction of sp³-hybridized carbons (Fsp3) is 0.474. The lowest BCUT2D eigenvalue weighted by atomic mass is 9.88. The van der Waals surface area contributed by atoms with Gasteiger partial charge in [0.25, 0.3) is 0 Å². The van der Waals surface area contributed by atoms with E-state index in [2.05, 4.69) is 5.32 Å². The smallest absolute Gasteiger partial charge is 0.317 e. The van der Waals surface area contributed by atoms with Gasteiger partial charge in [0, 0.05) is 31.8 Å². The average Bonchev–Trinajstić information content (AvgIpc) is 3.28. The fourth-order valence-electron chi connectivity index (χ4n) is 4.16. The highest BCUT2D eigenvalue weighted by Crippen LogP contribution is 2.43. The molecule has 3 heterocycles. The number of carbonyl (C=O) groups is 2. The second-order valence-corrected chi connectivity index (χ2v) is 7.53. The van der Waals surface area contributed by atoms with Crippen molar-refractivity contribution in [1.82, 2.24) is 15.1 Å². The molecule has 3 unspecified atom stereocenters. The van der Waals surface area contributed by atoms with Crippen LogP contribution in [0.1, 0.15) is 12.0 Å². The van der Waals surface area contributed by atoms with Gasteiger partial charge in [-0.05, 0) is 12.0 Å². The Morgan fingerprint density at radius 1 is 1.22 bits per heavy atom. The van der Waals surface area contributed by atoms with Gasteiger partial charge in [0.2, 0.25) is 5.91 Å². The summed E-state index contributed by atoms with van der Waals surface area (Å²) in [5.41, 5.74) is 7.39. The number of amides is 3. The van der Waals surface area contributed by atoms with Crippen LogP contribution in [0.5, 0.6) is 0 Å². The summed E-state index contributed by atoms with van der Waals surface area (Å²) >= 11 is 6.65. The molecular weight excluding hydrogens is 368 g/mol. The van der Waals surface area contributed by atoms with Crippen LogP contribution in [0.2, 0.25) is 0 Å². The summed E-state index contributed by atoms with van der Waals surface area (Å²) in [5, 5.41) is 3.56. The molecule has 0 spiro atoms. The zero-order chi connectivity index (χ0) is 19.0. The molecule has 3 aliphatic heterocycles. The Bertz CT molecular complexity index is 763. The molecule has 4 rings (SSSR count). The molecule has 1 aromatic rings. The number of urea groups is 1. The molecule has 8 heteroatoms. The molecule has 2 saturated heterocycles. The second-order valence-electron chi connectivity index (χ2n) is 7.17. The molecule has 0 aromatic heterocycles. The quantitative estimate of drug-likeness (QED) is 0.759. The first-order valence-electron chi connectivity index (χ1n) is 9.20. The highest BCUT2D eigenvalue weighted by atomic mass is 35.5. The van der Waals surface area contributed by atoms with Crippen LogP contribution in [0.3, 0.4) is 0 Å². The predicted molar refractivity (Wildman–Crippen MR) is 102 cm³/mol. The zero-order valence-electron chi connectivity index (χ0n) is 14.9. The van der Waals surface area contributed by atoms with E-state index in [1.165, 1.54) is 0 Å². The van der Waals surface area contributed by atoms with Crippen molar-refractivity contribution in [1.29, 1.82) is 0 Å². The van der Waals surface area contributed by atoms with Crippen molar-refractivity contribution in [3.63, 3.8) is 0 Å². The number of hydrogen-bond acceptors (Lipinski definition) is 4. The number of nitrogens with two attached hydrogens (primary N) is 1. The highest BCUT2D eigenvalue weighted by Gasteiger charge is 2.47. The van der Waals surface area contributed by atoms with Gasteiger partial charge in [-0.15, -0.1) is 0 Å². The highest BCUT2D eigenvalue weighted by molar-refractivity contribution is 6.33. The standard InChI is InChI=1S/C19H23ClN4O3/c20-17-15(12-4-2-1-3-5-12)16(18(21)25)14-10-23(7-8-24(14)17)19(26)22-13-6-9-27-11-13/h1-5,13-14,16H,6-11H2,(H2,21,25)(H,22,26). The van der Waals surface area contributed by atoms with Crippen molar-refractivity contribution in [3.05, 3.63) is 41.1 Å². The molecule has 27 heavy (non-hydrogen) atoms. The number of hydrogen-bond donors (Lipinski definition) is 2. The Morgan fingerprint density at radius 3 is 2.67 bits per heavy atom. The molecule has 3 N–H and O–H groups in total. The van der Waals surface area contributed by atoms with Crippen LogP contribution >= 0.6 is 11.6 Å². The number of halogens is 1. The topological polar surface area (TPSA) is 87.9 Å². The van der Waals surface area contributed by atoms with Gasteiger partial charge in [-0.25, -0.2) is 4.79 Å². The summed E-state index contributed by atoms with van der Waals surface area (Å²) in [5.74, 6) is -0.976. The van der Waals surface area contributed by atoms with Crippen LogP contribution in [-0.4, -0.2) is 66.7 Å². The van der Waals surface area contributed by atoms with E-state index in [-0.39, 0.29) is 18.1 Å². The summed E-state index contributed by atoms with van der Waals surface area (Å²) < 4.78 is 5.31. The van der Waals surface area contributed by atoms with Crippen molar-refractivity contribution in [2.75, 3.05) is 32.8 Å². The van der Waals surface area contributed by atoms with E-state index < -0.39 is 11.8 Å². The number of piperazine rings is 1. The van der Waals surface area contributed by atoms with Gasteiger partial charge in [0.1, 0.15) is 5.16 Å². The van der Waals surface area contributed by atoms with Gasteiger partial charge in [0.05, 0.1) is 24.6 Å². The Labute approximate surface area is 163 Å². The molecule has 1 aromatic carbocycles. The molecule has 3 aliphatic rings. The second kappa shape index (κ2) is 7.40. The van der Waals surface area contributed by atoms with Gasteiger partial charge in [-0.2, -0.15) is 0 Å². The van der Waals surface area contributed by atoms with Crippen molar-refractivity contribution in [2.45, 2.75) is 18.5 Å².